The van der Waals surface area contributed by atoms with Crippen molar-refractivity contribution in [2.75, 3.05) is 24.8 Å². The lowest BCUT2D eigenvalue weighted by molar-refractivity contribution is -0.122. The van der Waals surface area contributed by atoms with Gasteiger partial charge in [-0.2, -0.15) is 0 Å². The number of sulfonamides is 1. The minimum Gasteiger partial charge on any atom is -0.497 e. The molecule has 2 rings (SSSR count). The third-order valence-corrected chi connectivity index (χ3v) is 6.34. The molecule has 164 valence electrons. The van der Waals surface area contributed by atoms with Crippen LogP contribution >= 0.6 is 0 Å². The molecule has 0 fully saturated rings. The Labute approximate surface area is 179 Å². The first kappa shape index (κ1) is 23.5. The summed E-state index contributed by atoms with van der Waals surface area (Å²) >= 11 is 0. The fourth-order valence-electron chi connectivity index (χ4n) is 3.26. The van der Waals surface area contributed by atoms with E-state index in [4.69, 9.17) is 9.47 Å². The van der Waals surface area contributed by atoms with Crippen LogP contribution in [0, 0.1) is 13.8 Å². The first-order valence-electron chi connectivity index (χ1n) is 9.58. The molecule has 0 spiro atoms. The number of aryl methyl sites for hydroxylation is 2. The number of nitrogens with zero attached hydrogens (tertiary/aromatic N) is 1. The standard InChI is InChI=1S/C22H30N2O5S/c1-14-8-9-18(12-15(14)2)24(30(7,26)27)17(4)22(25)23-16(3)20-13-19(28-5)10-11-21(20)29-6/h8-13,16-17H,1-7H3,(H,23,25)/t16-,17+/m1/s1. The molecule has 0 aliphatic rings. The number of methoxy groups -OCH3 is 2. The van der Waals surface area contributed by atoms with Crippen LogP contribution in [0.4, 0.5) is 5.69 Å². The minimum atomic E-state index is -3.69. The van der Waals surface area contributed by atoms with E-state index in [0.29, 0.717) is 17.2 Å². The van der Waals surface area contributed by atoms with Gasteiger partial charge >= 0.3 is 0 Å². The molecule has 0 bridgehead atoms. The van der Waals surface area contributed by atoms with Crippen molar-refractivity contribution < 1.29 is 22.7 Å². The second-order valence-corrected chi connectivity index (χ2v) is 9.20. The van der Waals surface area contributed by atoms with Crippen molar-refractivity contribution in [3.63, 3.8) is 0 Å². The Balaban J connectivity index is 2.33. The van der Waals surface area contributed by atoms with Crippen molar-refractivity contribution in [1.29, 1.82) is 0 Å². The Kier molecular flexibility index (Phi) is 7.36. The number of hydrogen-bond donors (Lipinski definition) is 1. The molecule has 2 aromatic carbocycles. The van der Waals surface area contributed by atoms with E-state index in [1.54, 1.807) is 51.5 Å². The maximum atomic E-state index is 13.0. The highest BCUT2D eigenvalue weighted by Gasteiger charge is 2.30. The number of rotatable bonds is 8. The molecular formula is C22H30N2O5S. The fourth-order valence-corrected chi connectivity index (χ4v) is 4.43. The van der Waals surface area contributed by atoms with Gasteiger partial charge in [0.15, 0.2) is 0 Å². The zero-order valence-corrected chi connectivity index (χ0v) is 19.3. The highest BCUT2D eigenvalue weighted by Crippen LogP contribution is 2.30. The summed E-state index contributed by atoms with van der Waals surface area (Å²) in [5.74, 6) is 0.814. The number of benzene rings is 2. The average Bonchev–Trinajstić information content (AvgIpc) is 2.68. The van der Waals surface area contributed by atoms with Gasteiger partial charge in [0.1, 0.15) is 17.5 Å². The van der Waals surface area contributed by atoms with Crippen LogP contribution in [0.5, 0.6) is 11.5 Å². The third-order valence-electron chi connectivity index (χ3n) is 5.10. The van der Waals surface area contributed by atoms with Crippen LogP contribution in [0.15, 0.2) is 36.4 Å². The van der Waals surface area contributed by atoms with Gasteiger partial charge in [-0.25, -0.2) is 8.42 Å². The van der Waals surface area contributed by atoms with E-state index < -0.39 is 28.0 Å². The van der Waals surface area contributed by atoms with E-state index in [2.05, 4.69) is 5.32 Å². The predicted molar refractivity (Wildman–Crippen MR) is 119 cm³/mol. The lowest BCUT2D eigenvalue weighted by Gasteiger charge is -2.30. The first-order chi connectivity index (χ1) is 14.0. The van der Waals surface area contributed by atoms with Crippen molar-refractivity contribution >= 4 is 21.6 Å². The number of carbonyl (C=O) groups excluding carboxylic acids is 1. The number of hydrogen-bond acceptors (Lipinski definition) is 5. The van der Waals surface area contributed by atoms with Crippen molar-refractivity contribution in [3.05, 3.63) is 53.1 Å². The molecular weight excluding hydrogens is 404 g/mol. The quantitative estimate of drug-likeness (QED) is 0.689. The van der Waals surface area contributed by atoms with Gasteiger partial charge < -0.3 is 14.8 Å². The van der Waals surface area contributed by atoms with Gasteiger partial charge in [-0.05, 0) is 69.2 Å². The van der Waals surface area contributed by atoms with E-state index in [1.807, 2.05) is 26.8 Å². The summed E-state index contributed by atoms with van der Waals surface area (Å²) in [4.78, 5) is 13.0. The molecule has 0 saturated carbocycles. The average molecular weight is 435 g/mol. The van der Waals surface area contributed by atoms with Crippen LogP contribution in [0.25, 0.3) is 0 Å². The van der Waals surface area contributed by atoms with Gasteiger partial charge in [0.05, 0.1) is 32.2 Å². The topological polar surface area (TPSA) is 84.9 Å². The Morgan fingerprint density at radius 2 is 1.67 bits per heavy atom. The molecule has 7 nitrogen and oxygen atoms in total. The van der Waals surface area contributed by atoms with Gasteiger partial charge in [-0.3, -0.25) is 9.10 Å². The van der Waals surface area contributed by atoms with Crippen LogP contribution < -0.4 is 19.1 Å². The van der Waals surface area contributed by atoms with E-state index >= 15 is 0 Å². The highest BCUT2D eigenvalue weighted by molar-refractivity contribution is 7.92. The maximum absolute atomic E-state index is 13.0. The van der Waals surface area contributed by atoms with Crippen LogP contribution in [0.1, 0.15) is 36.6 Å². The number of anilines is 1. The predicted octanol–water partition coefficient (Wildman–Crippen LogP) is 3.35. The molecule has 30 heavy (non-hydrogen) atoms. The maximum Gasteiger partial charge on any atom is 0.244 e. The van der Waals surface area contributed by atoms with Crippen LogP contribution in [-0.4, -0.2) is 40.8 Å². The van der Waals surface area contributed by atoms with E-state index in [-0.39, 0.29) is 0 Å². The zero-order chi connectivity index (χ0) is 22.6. The summed E-state index contributed by atoms with van der Waals surface area (Å²) < 4.78 is 36.8. The summed E-state index contributed by atoms with van der Waals surface area (Å²) in [6.45, 7) is 7.23. The number of carbonyl (C=O) groups is 1. The molecule has 0 unspecified atom stereocenters. The smallest absolute Gasteiger partial charge is 0.244 e. The Hall–Kier alpha value is -2.74. The second kappa shape index (κ2) is 9.38. The Morgan fingerprint density at radius 1 is 1.00 bits per heavy atom. The molecule has 0 radical (unpaired) electrons. The lowest BCUT2D eigenvalue weighted by Crippen LogP contribution is -2.48. The van der Waals surface area contributed by atoms with E-state index in [0.717, 1.165) is 27.3 Å². The molecule has 1 amide bonds. The Morgan fingerprint density at radius 3 is 2.20 bits per heavy atom. The van der Waals surface area contributed by atoms with Crippen molar-refractivity contribution in [2.24, 2.45) is 0 Å². The third kappa shape index (κ3) is 5.24. The molecule has 1 N–H and O–H groups in total. The molecule has 8 heteroatoms. The largest absolute Gasteiger partial charge is 0.497 e. The van der Waals surface area contributed by atoms with Crippen LogP contribution in [-0.2, 0) is 14.8 Å². The first-order valence-corrected chi connectivity index (χ1v) is 11.4. The number of nitrogens with one attached hydrogen (secondary N) is 1. The summed E-state index contributed by atoms with van der Waals surface area (Å²) in [7, 11) is -0.579. The van der Waals surface area contributed by atoms with Crippen LogP contribution in [0.3, 0.4) is 0 Å². The summed E-state index contributed by atoms with van der Waals surface area (Å²) in [5.41, 5.74) is 3.18. The number of amides is 1. The normalized spacial score (nSPS) is 13.3. The van der Waals surface area contributed by atoms with E-state index in [9.17, 15) is 13.2 Å². The van der Waals surface area contributed by atoms with Gasteiger partial charge in [-0.1, -0.05) is 6.07 Å². The molecule has 0 heterocycles. The molecule has 0 saturated heterocycles. The van der Waals surface area contributed by atoms with Gasteiger partial charge in [-0.15, -0.1) is 0 Å². The zero-order valence-electron chi connectivity index (χ0n) is 18.5. The lowest BCUT2D eigenvalue weighted by atomic mass is 10.1. The molecule has 0 aliphatic carbocycles. The van der Waals surface area contributed by atoms with Gasteiger partial charge in [0.25, 0.3) is 0 Å². The SMILES string of the molecule is COc1ccc(OC)c([C@@H](C)NC(=O)[C@H](C)N(c2ccc(C)c(C)c2)S(C)(=O)=O)c1. The Bertz CT molecular complexity index is 1020. The van der Waals surface area contributed by atoms with Gasteiger partial charge in [0.2, 0.25) is 15.9 Å². The van der Waals surface area contributed by atoms with Crippen molar-refractivity contribution in [2.45, 2.75) is 39.8 Å². The number of ether oxygens (including phenoxy) is 2. The van der Waals surface area contributed by atoms with Crippen molar-refractivity contribution in [1.82, 2.24) is 5.32 Å². The highest BCUT2D eigenvalue weighted by atomic mass is 32.2. The summed E-state index contributed by atoms with van der Waals surface area (Å²) in [5, 5.41) is 2.89. The molecule has 2 aromatic rings. The van der Waals surface area contributed by atoms with Crippen molar-refractivity contribution in [3.8, 4) is 11.5 Å². The van der Waals surface area contributed by atoms with E-state index in [1.165, 1.54) is 0 Å². The van der Waals surface area contributed by atoms with Gasteiger partial charge in [0, 0.05) is 5.56 Å². The summed E-state index contributed by atoms with van der Waals surface area (Å²) in [6, 6.07) is 9.27. The summed E-state index contributed by atoms with van der Waals surface area (Å²) in [6.07, 6.45) is 1.10. The monoisotopic (exact) mass is 434 g/mol. The fraction of sp³-hybridized carbons (Fsp3) is 0.409. The molecule has 0 aliphatic heterocycles. The van der Waals surface area contributed by atoms with Crippen LogP contribution in [0.2, 0.25) is 0 Å². The molecule has 2 atom stereocenters. The second-order valence-electron chi connectivity index (χ2n) is 7.34. The minimum absolute atomic E-state index is 0.420. The molecule has 0 aromatic heterocycles.